The molecule has 1 unspecified atom stereocenters. The van der Waals surface area contributed by atoms with E-state index < -0.39 is 29.7 Å². The van der Waals surface area contributed by atoms with Crippen LogP contribution in [-0.2, 0) is 17.5 Å². The van der Waals surface area contributed by atoms with Crippen LogP contribution in [0.15, 0.2) is 70.6 Å². The number of ketones is 1. The van der Waals surface area contributed by atoms with E-state index in [1.807, 2.05) is 6.07 Å². The van der Waals surface area contributed by atoms with E-state index >= 15 is 0 Å². The predicted molar refractivity (Wildman–Crippen MR) is 135 cm³/mol. The summed E-state index contributed by atoms with van der Waals surface area (Å²) in [5.74, 6) is -0.765. The van der Waals surface area contributed by atoms with E-state index in [9.17, 15) is 32.8 Å². The summed E-state index contributed by atoms with van der Waals surface area (Å²) in [6, 6.07) is 10.7. The molecule has 5 rings (SSSR count). The van der Waals surface area contributed by atoms with Gasteiger partial charge in [0.05, 0.1) is 35.5 Å². The number of Topliss-reactive ketones (excluding diaryl/α,β-unsaturated/α-hetero) is 1. The Labute approximate surface area is 226 Å². The first-order valence-corrected chi connectivity index (χ1v) is 12.2. The van der Waals surface area contributed by atoms with Gasteiger partial charge in [-0.25, -0.2) is 4.79 Å². The standard InChI is InChI=1S/C28H22F3N5O4/c1-34(15-18-10-11-40-33-18)26(38)21-12-16(14-32)6-7-20(21)25-24-22(8-9-23(24)37)36(27(39)35(25)2)19-5-3-4-17(13-19)28(29,30)31/h3-7,10-13,25H,8-9,15H2,1-2H3. The molecule has 3 amide bonds. The number of nitrogens with zero attached hydrogens (tertiary/aromatic N) is 5. The molecule has 0 saturated carbocycles. The summed E-state index contributed by atoms with van der Waals surface area (Å²) in [4.78, 5) is 44.3. The fourth-order valence-electron chi connectivity index (χ4n) is 5.12. The van der Waals surface area contributed by atoms with Crippen LogP contribution in [0.5, 0.6) is 0 Å². The van der Waals surface area contributed by atoms with Crippen molar-refractivity contribution in [2.75, 3.05) is 19.0 Å². The first-order valence-electron chi connectivity index (χ1n) is 12.2. The van der Waals surface area contributed by atoms with E-state index in [-0.39, 0.29) is 53.3 Å². The van der Waals surface area contributed by atoms with Crippen molar-refractivity contribution in [3.8, 4) is 6.07 Å². The number of urea groups is 1. The third-order valence-corrected chi connectivity index (χ3v) is 7.00. The van der Waals surface area contributed by atoms with Crippen LogP contribution in [0.25, 0.3) is 0 Å². The lowest BCUT2D eigenvalue weighted by Crippen LogP contribution is -2.48. The van der Waals surface area contributed by atoms with Crippen molar-refractivity contribution >= 4 is 23.4 Å². The molecule has 1 aliphatic carbocycles. The van der Waals surface area contributed by atoms with Gasteiger partial charge >= 0.3 is 12.2 Å². The SMILES string of the molecule is CN(Cc1ccon1)C(=O)c1cc(C#N)ccc1C1C2=C(CCC2=O)N(c2cccc(C(F)(F)F)c2)C(=O)N1C. The van der Waals surface area contributed by atoms with Crippen LogP contribution in [0.4, 0.5) is 23.7 Å². The van der Waals surface area contributed by atoms with Gasteiger partial charge in [-0.2, -0.15) is 18.4 Å². The highest BCUT2D eigenvalue weighted by Crippen LogP contribution is 2.46. The lowest BCUT2D eigenvalue weighted by molar-refractivity contribution is -0.137. The second-order valence-electron chi connectivity index (χ2n) is 9.53. The van der Waals surface area contributed by atoms with Crippen molar-refractivity contribution in [3.63, 3.8) is 0 Å². The zero-order valence-electron chi connectivity index (χ0n) is 21.4. The number of allylic oxidation sites excluding steroid dienone is 1. The quantitative estimate of drug-likeness (QED) is 0.440. The maximum absolute atomic E-state index is 13.7. The fourth-order valence-corrected chi connectivity index (χ4v) is 5.12. The van der Waals surface area contributed by atoms with E-state index in [0.29, 0.717) is 11.3 Å². The first-order chi connectivity index (χ1) is 19.0. The van der Waals surface area contributed by atoms with Crippen LogP contribution in [-0.4, -0.2) is 46.8 Å². The molecule has 40 heavy (non-hydrogen) atoms. The molecule has 0 radical (unpaired) electrons. The molecular weight excluding hydrogens is 527 g/mol. The number of anilines is 1. The Balaban J connectivity index is 1.62. The Morgan fingerprint density at radius 3 is 2.62 bits per heavy atom. The van der Waals surface area contributed by atoms with Crippen LogP contribution in [0, 0.1) is 11.3 Å². The topological polar surface area (TPSA) is 111 Å². The number of benzene rings is 2. The van der Waals surface area contributed by atoms with Crippen molar-refractivity contribution in [1.82, 2.24) is 15.0 Å². The smallest absolute Gasteiger partial charge is 0.364 e. The van der Waals surface area contributed by atoms with Crippen molar-refractivity contribution in [3.05, 3.63) is 94.0 Å². The van der Waals surface area contributed by atoms with Gasteiger partial charge in [-0.15, -0.1) is 0 Å². The number of likely N-dealkylation sites (N-methyl/N-ethyl adjacent to an activating group) is 1. The predicted octanol–water partition coefficient (Wildman–Crippen LogP) is 5.07. The summed E-state index contributed by atoms with van der Waals surface area (Å²) in [5.41, 5.74) is 0.677. The molecule has 9 nitrogen and oxygen atoms in total. The Hall–Kier alpha value is -4.92. The summed E-state index contributed by atoms with van der Waals surface area (Å²) < 4.78 is 45.2. The Kier molecular flexibility index (Phi) is 6.67. The second-order valence-corrected chi connectivity index (χ2v) is 9.53. The number of carbonyl (C=O) groups is 3. The number of hydrogen-bond donors (Lipinski definition) is 0. The van der Waals surface area contributed by atoms with Gasteiger partial charge in [-0.1, -0.05) is 17.3 Å². The van der Waals surface area contributed by atoms with Gasteiger partial charge in [0.25, 0.3) is 5.91 Å². The largest absolute Gasteiger partial charge is 0.416 e. The highest BCUT2D eigenvalue weighted by Gasteiger charge is 2.46. The average Bonchev–Trinajstić information content (AvgIpc) is 3.58. The summed E-state index contributed by atoms with van der Waals surface area (Å²) in [6.07, 6.45) is -3.05. The summed E-state index contributed by atoms with van der Waals surface area (Å²) in [5, 5.41) is 13.3. The average molecular weight is 550 g/mol. The molecule has 2 aromatic carbocycles. The van der Waals surface area contributed by atoms with E-state index in [2.05, 4.69) is 5.16 Å². The van der Waals surface area contributed by atoms with Crippen LogP contribution in [0.2, 0.25) is 0 Å². The third-order valence-electron chi connectivity index (χ3n) is 7.00. The molecule has 12 heteroatoms. The minimum Gasteiger partial charge on any atom is -0.364 e. The molecule has 2 aliphatic rings. The Morgan fingerprint density at radius 2 is 1.95 bits per heavy atom. The molecule has 0 N–H and O–H groups in total. The number of amides is 3. The van der Waals surface area contributed by atoms with Crippen LogP contribution >= 0.6 is 0 Å². The van der Waals surface area contributed by atoms with Gasteiger partial charge < -0.3 is 14.3 Å². The maximum atomic E-state index is 13.7. The highest BCUT2D eigenvalue weighted by molar-refractivity contribution is 6.09. The fraction of sp³-hybridized carbons (Fsp3) is 0.250. The van der Waals surface area contributed by atoms with E-state index in [0.717, 1.165) is 17.0 Å². The molecule has 1 aliphatic heterocycles. The molecule has 3 aromatic rings. The molecule has 0 saturated heterocycles. The van der Waals surface area contributed by atoms with Gasteiger partial charge in [0.1, 0.15) is 12.0 Å². The van der Waals surface area contributed by atoms with Crippen molar-refractivity contribution in [2.24, 2.45) is 0 Å². The minimum atomic E-state index is -4.62. The molecule has 0 fully saturated rings. The molecule has 204 valence electrons. The number of aromatic nitrogens is 1. The van der Waals surface area contributed by atoms with Gasteiger partial charge in [0.2, 0.25) is 0 Å². The zero-order valence-corrected chi connectivity index (χ0v) is 21.4. The molecule has 1 atom stereocenters. The molecular formula is C28H22F3N5O4. The van der Waals surface area contributed by atoms with Gasteiger partial charge in [0.15, 0.2) is 5.78 Å². The van der Waals surface area contributed by atoms with Crippen molar-refractivity contribution in [2.45, 2.75) is 31.6 Å². The van der Waals surface area contributed by atoms with E-state index in [1.165, 1.54) is 60.5 Å². The lowest BCUT2D eigenvalue weighted by atomic mass is 9.88. The van der Waals surface area contributed by atoms with Crippen LogP contribution in [0.1, 0.15) is 51.6 Å². The molecule has 1 aromatic heterocycles. The summed E-state index contributed by atoms with van der Waals surface area (Å²) >= 11 is 0. The monoisotopic (exact) mass is 549 g/mol. The third kappa shape index (κ3) is 4.59. The van der Waals surface area contributed by atoms with Gasteiger partial charge in [-0.05, 0) is 42.3 Å². The van der Waals surface area contributed by atoms with Crippen molar-refractivity contribution < 1.29 is 32.1 Å². The second kappa shape index (κ2) is 10.00. The van der Waals surface area contributed by atoms with Gasteiger partial charge in [0, 0.05) is 43.4 Å². The molecule has 0 bridgehead atoms. The minimum absolute atomic E-state index is 0.0178. The maximum Gasteiger partial charge on any atom is 0.416 e. The van der Waals surface area contributed by atoms with Crippen molar-refractivity contribution in [1.29, 1.82) is 5.26 Å². The van der Waals surface area contributed by atoms with E-state index in [1.54, 1.807) is 6.07 Å². The number of hydrogen-bond acceptors (Lipinski definition) is 6. The number of alkyl halides is 3. The number of carbonyl (C=O) groups excluding carboxylic acids is 3. The molecule has 2 heterocycles. The number of rotatable bonds is 5. The van der Waals surface area contributed by atoms with E-state index in [4.69, 9.17) is 4.52 Å². The van der Waals surface area contributed by atoms with Crippen LogP contribution in [0.3, 0.4) is 0 Å². The summed E-state index contributed by atoms with van der Waals surface area (Å²) in [6.45, 7) is 0.0984. The Morgan fingerprint density at radius 1 is 1.18 bits per heavy atom. The molecule has 0 spiro atoms. The number of halogens is 3. The lowest BCUT2D eigenvalue weighted by Gasteiger charge is -2.41. The first kappa shape index (κ1) is 26.7. The zero-order chi connectivity index (χ0) is 28.8. The Bertz CT molecular complexity index is 1590. The normalized spacial score (nSPS) is 17.2. The number of nitriles is 1. The van der Waals surface area contributed by atoms with Crippen LogP contribution < -0.4 is 4.90 Å². The van der Waals surface area contributed by atoms with Gasteiger partial charge in [-0.3, -0.25) is 14.5 Å². The summed E-state index contributed by atoms with van der Waals surface area (Å²) in [7, 11) is 2.96. The highest BCUT2D eigenvalue weighted by atomic mass is 19.4.